The quantitative estimate of drug-likeness (QED) is 0.601. The number of methoxy groups -OCH3 is 3. The summed E-state index contributed by atoms with van der Waals surface area (Å²) in [5.74, 6) is 2.04. The van der Waals surface area contributed by atoms with E-state index >= 15 is 0 Å². The SMILES string of the molecule is COc1cc(OC)c(OC)cc1/C=N\Nc1nonc1N. The van der Waals surface area contributed by atoms with E-state index in [-0.39, 0.29) is 11.6 Å². The number of rotatable bonds is 6. The Labute approximate surface area is 120 Å². The molecular formula is C12H15N5O4. The van der Waals surface area contributed by atoms with Crippen LogP contribution in [0.15, 0.2) is 21.9 Å². The fourth-order valence-electron chi connectivity index (χ4n) is 1.59. The summed E-state index contributed by atoms with van der Waals surface area (Å²) in [6, 6.07) is 3.43. The molecule has 1 heterocycles. The largest absolute Gasteiger partial charge is 0.496 e. The van der Waals surface area contributed by atoms with E-state index in [1.807, 2.05) is 0 Å². The van der Waals surface area contributed by atoms with Crippen LogP contribution in [-0.2, 0) is 0 Å². The molecule has 9 heteroatoms. The van der Waals surface area contributed by atoms with E-state index in [2.05, 4.69) is 25.5 Å². The summed E-state index contributed by atoms with van der Waals surface area (Å²) in [5, 5.41) is 10.9. The van der Waals surface area contributed by atoms with Gasteiger partial charge in [0.2, 0.25) is 11.6 Å². The minimum atomic E-state index is 0.117. The van der Waals surface area contributed by atoms with Gasteiger partial charge in [0.25, 0.3) is 0 Å². The van der Waals surface area contributed by atoms with Crippen LogP contribution in [0.3, 0.4) is 0 Å². The molecule has 0 bridgehead atoms. The predicted octanol–water partition coefficient (Wildman–Crippen LogP) is 1.12. The summed E-state index contributed by atoms with van der Waals surface area (Å²) < 4.78 is 20.1. The van der Waals surface area contributed by atoms with Gasteiger partial charge in [0.1, 0.15) is 5.75 Å². The van der Waals surface area contributed by atoms with Crippen molar-refractivity contribution in [2.45, 2.75) is 0 Å². The summed E-state index contributed by atoms with van der Waals surface area (Å²) in [7, 11) is 4.64. The fraction of sp³-hybridized carbons (Fsp3) is 0.250. The van der Waals surface area contributed by atoms with Gasteiger partial charge in [-0.2, -0.15) is 5.10 Å². The van der Waals surface area contributed by atoms with Crippen LogP contribution in [0.4, 0.5) is 11.6 Å². The molecule has 1 aromatic heterocycles. The van der Waals surface area contributed by atoms with Crippen LogP contribution in [0, 0.1) is 0 Å². The molecule has 21 heavy (non-hydrogen) atoms. The highest BCUT2D eigenvalue weighted by Gasteiger charge is 2.10. The van der Waals surface area contributed by atoms with Crippen molar-refractivity contribution in [1.82, 2.24) is 10.3 Å². The number of hydrogen-bond acceptors (Lipinski definition) is 9. The molecule has 0 unspecified atom stereocenters. The van der Waals surface area contributed by atoms with Gasteiger partial charge < -0.3 is 19.9 Å². The minimum Gasteiger partial charge on any atom is -0.496 e. The van der Waals surface area contributed by atoms with Crippen LogP contribution in [0.25, 0.3) is 0 Å². The van der Waals surface area contributed by atoms with Gasteiger partial charge in [-0.1, -0.05) is 0 Å². The Morgan fingerprint density at radius 3 is 2.33 bits per heavy atom. The molecule has 0 fully saturated rings. The molecule has 0 aliphatic heterocycles. The van der Waals surface area contributed by atoms with Crippen LogP contribution < -0.4 is 25.4 Å². The monoisotopic (exact) mass is 293 g/mol. The Hall–Kier alpha value is -2.97. The number of nitrogens with one attached hydrogen (secondary N) is 1. The van der Waals surface area contributed by atoms with Crippen molar-refractivity contribution in [1.29, 1.82) is 0 Å². The van der Waals surface area contributed by atoms with Crippen LogP contribution >= 0.6 is 0 Å². The summed E-state index contributed by atoms with van der Waals surface area (Å²) >= 11 is 0. The van der Waals surface area contributed by atoms with Crippen molar-refractivity contribution in [2.24, 2.45) is 5.10 Å². The lowest BCUT2D eigenvalue weighted by Gasteiger charge is -2.11. The average molecular weight is 293 g/mol. The molecule has 0 aliphatic rings. The van der Waals surface area contributed by atoms with E-state index in [1.54, 1.807) is 33.5 Å². The third-order valence-corrected chi connectivity index (χ3v) is 2.62. The molecule has 1 aromatic carbocycles. The second-order valence-electron chi connectivity index (χ2n) is 3.82. The molecule has 112 valence electrons. The van der Waals surface area contributed by atoms with Gasteiger partial charge in [-0.3, -0.25) is 5.43 Å². The number of hydrazone groups is 1. The maximum Gasteiger partial charge on any atom is 0.235 e. The molecule has 0 aliphatic carbocycles. The lowest BCUT2D eigenvalue weighted by Crippen LogP contribution is -1.99. The first-order chi connectivity index (χ1) is 10.2. The van der Waals surface area contributed by atoms with Gasteiger partial charge in [-0.15, -0.1) is 0 Å². The second kappa shape index (κ2) is 6.46. The number of aromatic nitrogens is 2. The van der Waals surface area contributed by atoms with Gasteiger partial charge >= 0.3 is 0 Å². The number of ether oxygens (including phenoxy) is 3. The molecule has 2 aromatic rings. The van der Waals surface area contributed by atoms with Crippen molar-refractivity contribution in [2.75, 3.05) is 32.5 Å². The molecule has 0 radical (unpaired) electrons. The van der Waals surface area contributed by atoms with Gasteiger partial charge in [0.05, 0.1) is 27.5 Å². The average Bonchev–Trinajstić information content (AvgIpc) is 2.92. The van der Waals surface area contributed by atoms with Crippen LogP contribution in [-0.4, -0.2) is 37.9 Å². The van der Waals surface area contributed by atoms with Gasteiger partial charge in [-0.05, 0) is 16.4 Å². The Bertz CT molecular complexity index is 641. The van der Waals surface area contributed by atoms with Crippen molar-refractivity contribution in [3.63, 3.8) is 0 Å². The standard InChI is InChI=1S/C12H15N5O4/c1-18-8-5-10(20-3)9(19-2)4-7(8)6-14-15-12-11(13)16-21-17-12/h4-6H,1-3H3,(H2,13,16)(H,15,17)/b14-6-. The number of nitrogens with zero attached hydrogens (tertiary/aromatic N) is 3. The predicted molar refractivity (Wildman–Crippen MR) is 76.0 cm³/mol. The van der Waals surface area contributed by atoms with Crippen molar-refractivity contribution < 1.29 is 18.8 Å². The molecule has 2 rings (SSSR count). The highest BCUT2D eigenvalue weighted by molar-refractivity contribution is 5.85. The van der Waals surface area contributed by atoms with Gasteiger partial charge in [0, 0.05) is 11.6 Å². The van der Waals surface area contributed by atoms with E-state index in [1.165, 1.54) is 6.21 Å². The van der Waals surface area contributed by atoms with Crippen LogP contribution in [0.2, 0.25) is 0 Å². The number of hydrogen-bond donors (Lipinski definition) is 2. The van der Waals surface area contributed by atoms with Gasteiger partial charge in [-0.25, -0.2) is 4.63 Å². The second-order valence-corrected chi connectivity index (χ2v) is 3.82. The number of nitrogens with two attached hydrogens (primary N) is 1. The number of anilines is 2. The zero-order valence-corrected chi connectivity index (χ0v) is 11.8. The molecular weight excluding hydrogens is 278 g/mol. The number of nitrogen functional groups attached to an aromatic ring is 1. The molecule has 9 nitrogen and oxygen atoms in total. The molecule has 0 saturated carbocycles. The minimum absolute atomic E-state index is 0.117. The third kappa shape index (κ3) is 3.14. The Kier molecular flexibility index (Phi) is 4.44. The van der Waals surface area contributed by atoms with Crippen LogP contribution in [0.1, 0.15) is 5.56 Å². The van der Waals surface area contributed by atoms with E-state index < -0.39 is 0 Å². The highest BCUT2D eigenvalue weighted by atomic mass is 16.6. The first-order valence-corrected chi connectivity index (χ1v) is 5.86. The van der Waals surface area contributed by atoms with E-state index in [0.29, 0.717) is 22.8 Å². The molecule has 0 atom stereocenters. The maximum atomic E-state index is 5.49. The maximum absolute atomic E-state index is 5.49. The topological polar surface area (TPSA) is 117 Å². The normalized spacial score (nSPS) is 10.6. The van der Waals surface area contributed by atoms with Crippen LogP contribution in [0.5, 0.6) is 17.2 Å². The fourth-order valence-corrected chi connectivity index (χ4v) is 1.59. The molecule has 0 amide bonds. The Balaban J connectivity index is 2.24. The summed E-state index contributed by atoms with van der Waals surface area (Å²) in [6.07, 6.45) is 1.52. The molecule has 3 N–H and O–H groups in total. The number of benzene rings is 1. The highest BCUT2D eigenvalue weighted by Crippen LogP contribution is 2.33. The zero-order valence-electron chi connectivity index (χ0n) is 11.8. The lowest BCUT2D eigenvalue weighted by atomic mass is 10.2. The molecule has 0 saturated heterocycles. The van der Waals surface area contributed by atoms with Crippen molar-refractivity contribution in [3.05, 3.63) is 17.7 Å². The first-order valence-electron chi connectivity index (χ1n) is 5.86. The lowest BCUT2D eigenvalue weighted by molar-refractivity contribution is 0.310. The Morgan fingerprint density at radius 2 is 1.76 bits per heavy atom. The van der Waals surface area contributed by atoms with Gasteiger partial charge in [0.15, 0.2) is 11.5 Å². The third-order valence-electron chi connectivity index (χ3n) is 2.62. The van der Waals surface area contributed by atoms with Crippen molar-refractivity contribution in [3.8, 4) is 17.2 Å². The summed E-state index contributed by atoms with van der Waals surface area (Å²) in [6.45, 7) is 0. The summed E-state index contributed by atoms with van der Waals surface area (Å²) in [5.41, 5.74) is 8.78. The zero-order chi connectivity index (χ0) is 15.2. The van der Waals surface area contributed by atoms with E-state index in [0.717, 1.165) is 0 Å². The smallest absolute Gasteiger partial charge is 0.235 e. The van der Waals surface area contributed by atoms with E-state index in [4.69, 9.17) is 19.9 Å². The first kappa shape index (κ1) is 14.4. The van der Waals surface area contributed by atoms with Crippen molar-refractivity contribution >= 4 is 17.9 Å². The Morgan fingerprint density at radius 1 is 1.10 bits per heavy atom. The van der Waals surface area contributed by atoms with E-state index in [9.17, 15) is 0 Å². The molecule has 0 spiro atoms. The summed E-state index contributed by atoms with van der Waals surface area (Å²) in [4.78, 5) is 0.